The Morgan fingerprint density at radius 1 is 0.769 bits per heavy atom. The highest BCUT2D eigenvalue weighted by molar-refractivity contribution is 5.89. The zero-order chi connectivity index (χ0) is 18.6. The van der Waals surface area contributed by atoms with Gasteiger partial charge < -0.3 is 0 Å². The van der Waals surface area contributed by atoms with E-state index in [4.69, 9.17) is 19.6 Å². The van der Waals surface area contributed by atoms with Gasteiger partial charge in [-0.1, -0.05) is 56.2 Å². The number of carbonyl (C=O) groups excluding carboxylic acids is 2. The molecule has 0 saturated carbocycles. The number of rotatable bonds is 10. The molecule has 2 aromatic rings. The lowest BCUT2D eigenvalue weighted by Gasteiger charge is -2.15. The lowest BCUT2D eigenvalue weighted by atomic mass is 10.2. The van der Waals surface area contributed by atoms with E-state index in [0.29, 0.717) is 17.5 Å². The first kappa shape index (κ1) is 19.6. The molecule has 2 aromatic carbocycles. The van der Waals surface area contributed by atoms with Gasteiger partial charge >= 0.3 is 11.9 Å². The summed E-state index contributed by atoms with van der Waals surface area (Å²) in [7, 11) is 0. The molecule has 0 aliphatic carbocycles. The van der Waals surface area contributed by atoms with Crippen molar-refractivity contribution in [1.29, 1.82) is 0 Å². The van der Waals surface area contributed by atoms with Gasteiger partial charge in [-0.25, -0.2) is 9.59 Å². The first-order valence-electron chi connectivity index (χ1n) is 8.56. The molecule has 2 rings (SSSR count). The zero-order valence-corrected chi connectivity index (χ0v) is 14.6. The molecule has 0 aliphatic heterocycles. The SMILES string of the molecule is CCCCCC(OOC(=O)c1ccccc1)OOC(=O)c1ccccc1. The largest absolute Gasteiger partial charge is 0.373 e. The normalized spacial score (nSPS) is 10.5. The van der Waals surface area contributed by atoms with Gasteiger partial charge in [0.25, 0.3) is 0 Å². The van der Waals surface area contributed by atoms with Gasteiger partial charge in [-0.15, -0.1) is 9.78 Å². The van der Waals surface area contributed by atoms with Gasteiger partial charge in [0.05, 0.1) is 11.1 Å². The minimum absolute atomic E-state index is 0.348. The molecule has 26 heavy (non-hydrogen) atoms. The Morgan fingerprint density at radius 2 is 1.23 bits per heavy atom. The molecule has 0 amide bonds. The second kappa shape index (κ2) is 11.0. The lowest BCUT2D eigenvalue weighted by Crippen LogP contribution is -2.22. The number of unbranched alkanes of at least 4 members (excludes halogenated alkanes) is 2. The Labute approximate surface area is 152 Å². The summed E-state index contributed by atoms with van der Waals surface area (Å²) in [4.78, 5) is 43.5. The topological polar surface area (TPSA) is 71.1 Å². The van der Waals surface area contributed by atoms with Crippen LogP contribution in [0.4, 0.5) is 0 Å². The Kier molecular flexibility index (Phi) is 8.32. The molecule has 0 radical (unpaired) electrons. The van der Waals surface area contributed by atoms with E-state index < -0.39 is 18.2 Å². The van der Waals surface area contributed by atoms with Crippen molar-refractivity contribution in [2.45, 2.75) is 38.9 Å². The van der Waals surface area contributed by atoms with Gasteiger partial charge in [-0.2, -0.15) is 0 Å². The van der Waals surface area contributed by atoms with Gasteiger partial charge in [-0.05, 0) is 30.7 Å². The second-order valence-corrected chi connectivity index (χ2v) is 5.59. The van der Waals surface area contributed by atoms with Crippen molar-refractivity contribution in [1.82, 2.24) is 0 Å². The van der Waals surface area contributed by atoms with Crippen molar-refractivity contribution >= 4 is 11.9 Å². The third-order valence-corrected chi connectivity index (χ3v) is 3.52. The minimum atomic E-state index is -0.998. The maximum atomic E-state index is 11.9. The molecule has 0 fully saturated rings. The van der Waals surface area contributed by atoms with Crippen LogP contribution in [-0.2, 0) is 19.6 Å². The molecule has 0 heterocycles. The van der Waals surface area contributed by atoms with Gasteiger partial charge in [0.1, 0.15) is 0 Å². The van der Waals surface area contributed by atoms with Gasteiger partial charge in [-0.3, -0.25) is 9.78 Å². The summed E-state index contributed by atoms with van der Waals surface area (Å²) < 4.78 is 0. The summed E-state index contributed by atoms with van der Waals surface area (Å²) in [6.07, 6.45) is 2.13. The second-order valence-electron chi connectivity index (χ2n) is 5.59. The van der Waals surface area contributed by atoms with Crippen molar-refractivity contribution in [3.05, 3.63) is 71.8 Å². The molecular formula is C20H22O6. The van der Waals surface area contributed by atoms with E-state index >= 15 is 0 Å². The molecule has 0 N–H and O–H groups in total. The van der Waals surface area contributed by atoms with E-state index in [1.54, 1.807) is 60.7 Å². The van der Waals surface area contributed by atoms with Crippen molar-refractivity contribution in [2.24, 2.45) is 0 Å². The number of benzene rings is 2. The van der Waals surface area contributed by atoms with Crippen molar-refractivity contribution in [2.75, 3.05) is 0 Å². The van der Waals surface area contributed by atoms with Crippen LogP contribution in [0.5, 0.6) is 0 Å². The summed E-state index contributed by atoms with van der Waals surface area (Å²) in [5, 5.41) is 0. The minimum Gasteiger partial charge on any atom is -0.290 e. The van der Waals surface area contributed by atoms with Crippen molar-refractivity contribution < 1.29 is 29.1 Å². The fourth-order valence-corrected chi connectivity index (χ4v) is 2.11. The Hall–Kier alpha value is -2.70. The first-order chi connectivity index (χ1) is 12.7. The van der Waals surface area contributed by atoms with E-state index in [2.05, 4.69) is 6.92 Å². The van der Waals surface area contributed by atoms with Crippen LogP contribution in [0.2, 0.25) is 0 Å². The Bertz CT molecular complexity index is 616. The monoisotopic (exact) mass is 358 g/mol. The number of hydrogen-bond acceptors (Lipinski definition) is 6. The summed E-state index contributed by atoms with van der Waals surface area (Å²) in [6, 6.07) is 16.9. The Balaban J connectivity index is 1.86. The highest BCUT2D eigenvalue weighted by Gasteiger charge is 2.19. The van der Waals surface area contributed by atoms with Gasteiger partial charge in [0.15, 0.2) is 0 Å². The fraction of sp³-hybridized carbons (Fsp3) is 0.300. The van der Waals surface area contributed by atoms with Crippen molar-refractivity contribution in [3.8, 4) is 0 Å². The number of carbonyl (C=O) groups is 2. The quantitative estimate of drug-likeness (QED) is 0.270. The molecule has 0 aromatic heterocycles. The molecule has 0 bridgehead atoms. The van der Waals surface area contributed by atoms with Crippen LogP contribution in [0.25, 0.3) is 0 Å². The zero-order valence-electron chi connectivity index (χ0n) is 14.6. The molecule has 6 nitrogen and oxygen atoms in total. The van der Waals surface area contributed by atoms with Crippen LogP contribution < -0.4 is 0 Å². The van der Waals surface area contributed by atoms with Gasteiger partial charge in [0, 0.05) is 6.42 Å². The lowest BCUT2D eigenvalue weighted by molar-refractivity contribution is -0.421. The van der Waals surface area contributed by atoms with Crippen LogP contribution in [0.15, 0.2) is 60.7 Å². The molecule has 0 saturated heterocycles. The molecule has 0 aliphatic rings. The Morgan fingerprint density at radius 3 is 1.65 bits per heavy atom. The predicted octanol–water partition coefficient (Wildman–Crippen LogP) is 4.47. The molecule has 138 valence electrons. The highest BCUT2D eigenvalue weighted by atomic mass is 17.3. The number of hydrogen-bond donors (Lipinski definition) is 0. The van der Waals surface area contributed by atoms with Crippen LogP contribution in [-0.4, -0.2) is 18.2 Å². The van der Waals surface area contributed by atoms with E-state index in [0.717, 1.165) is 19.3 Å². The highest BCUT2D eigenvalue weighted by Crippen LogP contribution is 2.12. The van der Waals surface area contributed by atoms with E-state index in [-0.39, 0.29) is 0 Å². The molecule has 0 atom stereocenters. The molecule has 0 spiro atoms. The maximum absolute atomic E-state index is 11.9. The van der Waals surface area contributed by atoms with E-state index in [1.807, 2.05) is 0 Å². The molecular weight excluding hydrogens is 336 g/mol. The third-order valence-electron chi connectivity index (χ3n) is 3.52. The average Bonchev–Trinajstić information content (AvgIpc) is 2.70. The van der Waals surface area contributed by atoms with Crippen LogP contribution >= 0.6 is 0 Å². The van der Waals surface area contributed by atoms with E-state index in [1.165, 1.54) is 0 Å². The van der Waals surface area contributed by atoms with Crippen LogP contribution in [0.3, 0.4) is 0 Å². The average molecular weight is 358 g/mol. The van der Waals surface area contributed by atoms with Crippen LogP contribution in [0, 0.1) is 0 Å². The van der Waals surface area contributed by atoms with Crippen LogP contribution in [0.1, 0.15) is 53.3 Å². The first-order valence-corrected chi connectivity index (χ1v) is 8.56. The van der Waals surface area contributed by atoms with E-state index in [9.17, 15) is 9.59 Å². The summed E-state index contributed by atoms with van der Waals surface area (Å²) in [5.74, 6) is -1.30. The molecule has 6 heteroatoms. The van der Waals surface area contributed by atoms with Gasteiger partial charge in [0.2, 0.25) is 6.29 Å². The standard InChI is InChI=1S/C20H22O6/c1-2-3-6-15-18(23-25-19(21)16-11-7-4-8-12-16)24-26-20(22)17-13-9-5-10-14-17/h4-5,7-14,18H,2-3,6,15H2,1H3. The maximum Gasteiger partial charge on any atom is 0.373 e. The third kappa shape index (κ3) is 6.66. The smallest absolute Gasteiger partial charge is 0.290 e. The summed E-state index contributed by atoms with van der Waals surface area (Å²) >= 11 is 0. The predicted molar refractivity (Wildman–Crippen MR) is 93.8 cm³/mol. The van der Waals surface area contributed by atoms with Crippen molar-refractivity contribution in [3.63, 3.8) is 0 Å². The summed E-state index contributed by atoms with van der Waals surface area (Å²) in [6.45, 7) is 2.06. The molecule has 0 unspecified atom stereocenters. The summed E-state index contributed by atoms with van der Waals surface area (Å²) in [5.41, 5.74) is 0.696. The fourth-order valence-electron chi connectivity index (χ4n) is 2.11.